The number of piperazine rings is 1. The van der Waals surface area contributed by atoms with Crippen LogP contribution in [0.1, 0.15) is 49.9 Å². The van der Waals surface area contributed by atoms with Gasteiger partial charge in [-0.15, -0.1) is 12.4 Å². The van der Waals surface area contributed by atoms with Gasteiger partial charge < -0.3 is 14.4 Å². The van der Waals surface area contributed by atoms with Gasteiger partial charge in [0.05, 0.1) is 0 Å². The van der Waals surface area contributed by atoms with E-state index in [0.29, 0.717) is 30.3 Å². The van der Waals surface area contributed by atoms with E-state index in [2.05, 4.69) is 18.7 Å². The predicted octanol–water partition coefficient (Wildman–Crippen LogP) is 3.18. The zero-order valence-electron chi connectivity index (χ0n) is 17.3. The fraction of sp³-hybridized carbons (Fsp3) is 0.636. The Balaban J connectivity index is 0.00000240. The molecule has 2 fully saturated rings. The molecule has 1 aromatic carbocycles. The second-order valence-corrected chi connectivity index (χ2v) is 8.58. The maximum Gasteiger partial charge on any atom is 0.223 e. The summed E-state index contributed by atoms with van der Waals surface area (Å²) >= 11 is 0. The molecule has 2 heterocycles. The van der Waals surface area contributed by atoms with Gasteiger partial charge in [0.2, 0.25) is 5.91 Å². The molecule has 7 heteroatoms. The standard InChI is InChI=1S/C22H30N2O4.ClH/c1-22(2,17-4-5-17)24-11-9-23(10-12-24)21(26)8-6-18(25)16-3-7-19-20(15-16)28-14-13-27-19;/h3,7,15,17H,4-6,8-14H2,1-2H3;1H. The molecule has 1 saturated heterocycles. The van der Waals surface area contributed by atoms with Crippen LogP contribution >= 0.6 is 12.4 Å². The Bertz CT molecular complexity index is 755. The molecule has 0 atom stereocenters. The van der Waals surface area contributed by atoms with Crippen molar-refractivity contribution in [2.75, 3.05) is 39.4 Å². The van der Waals surface area contributed by atoms with E-state index in [1.54, 1.807) is 18.2 Å². The fourth-order valence-electron chi connectivity index (χ4n) is 4.32. The van der Waals surface area contributed by atoms with Gasteiger partial charge in [0, 0.05) is 50.1 Å². The average Bonchev–Trinajstić information content (AvgIpc) is 3.57. The number of halogens is 1. The molecule has 0 spiro atoms. The van der Waals surface area contributed by atoms with Crippen molar-refractivity contribution >= 4 is 24.1 Å². The van der Waals surface area contributed by atoms with Gasteiger partial charge in [0.1, 0.15) is 13.2 Å². The number of benzene rings is 1. The van der Waals surface area contributed by atoms with Gasteiger partial charge in [0.15, 0.2) is 17.3 Å². The number of hydrogen-bond donors (Lipinski definition) is 0. The Kier molecular flexibility index (Phi) is 6.74. The van der Waals surface area contributed by atoms with Crippen LogP contribution in [0.3, 0.4) is 0 Å². The minimum Gasteiger partial charge on any atom is -0.486 e. The lowest BCUT2D eigenvalue weighted by Gasteiger charge is -2.44. The number of Topliss-reactive ketones (excluding diaryl/α,β-unsaturated/α-hetero) is 1. The highest BCUT2D eigenvalue weighted by molar-refractivity contribution is 5.98. The molecule has 0 aromatic heterocycles. The lowest BCUT2D eigenvalue weighted by Crippen LogP contribution is -2.56. The molecular formula is C22H31ClN2O4. The van der Waals surface area contributed by atoms with Gasteiger partial charge in [-0.05, 0) is 50.8 Å². The highest BCUT2D eigenvalue weighted by atomic mass is 35.5. The second-order valence-electron chi connectivity index (χ2n) is 8.58. The number of amides is 1. The lowest BCUT2D eigenvalue weighted by molar-refractivity contribution is -0.133. The largest absolute Gasteiger partial charge is 0.486 e. The van der Waals surface area contributed by atoms with Crippen molar-refractivity contribution in [3.8, 4) is 11.5 Å². The van der Waals surface area contributed by atoms with E-state index >= 15 is 0 Å². The quantitative estimate of drug-likeness (QED) is 0.659. The molecule has 0 unspecified atom stereocenters. The van der Waals surface area contributed by atoms with Gasteiger partial charge in [-0.3, -0.25) is 14.5 Å². The van der Waals surface area contributed by atoms with Crippen LogP contribution in [0.5, 0.6) is 11.5 Å². The molecule has 1 aromatic rings. The Morgan fingerprint density at radius 2 is 1.66 bits per heavy atom. The highest BCUT2D eigenvalue weighted by Gasteiger charge is 2.42. The number of carbonyl (C=O) groups excluding carboxylic acids is 2. The Hall–Kier alpha value is -1.79. The third kappa shape index (κ3) is 4.86. The zero-order valence-corrected chi connectivity index (χ0v) is 18.1. The van der Waals surface area contributed by atoms with Crippen molar-refractivity contribution in [2.24, 2.45) is 5.92 Å². The SMILES string of the molecule is CC(C)(C1CC1)N1CCN(C(=O)CCC(=O)c2ccc3c(c2)OCCO3)CC1.Cl. The van der Waals surface area contributed by atoms with Crippen molar-refractivity contribution in [2.45, 2.75) is 45.1 Å². The molecule has 3 aliphatic rings. The number of nitrogens with zero attached hydrogens (tertiary/aromatic N) is 2. The number of ether oxygens (including phenoxy) is 2. The molecule has 160 valence electrons. The van der Waals surface area contributed by atoms with E-state index in [1.165, 1.54) is 12.8 Å². The third-order valence-corrected chi connectivity index (χ3v) is 6.45. The topological polar surface area (TPSA) is 59.1 Å². The van der Waals surface area contributed by atoms with Crippen molar-refractivity contribution in [1.82, 2.24) is 9.80 Å². The van der Waals surface area contributed by atoms with E-state index in [4.69, 9.17) is 9.47 Å². The second kappa shape index (κ2) is 8.92. The smallest absolute Gasteiger partial charge is 0.223 e. The van der Waals surface area contributed by atoms with Crippen LogP contribution in [-0.4, -0.2) is 66.4 Å². The molecule has 2 aliphatic heterocycles. The van der Waals surface area contributed by atoms with Crippen molar-refractivity contribution in [3.63, 3.8) is 0 Å². The molecule has 29 heavy (non-hydrogen) atoms. The number of carbonyl (C=O) groups is 2. The van der Waals surface area contributed by atoms with Crippen LogP contribution < -0.4 is 9.47 Å². The summed E-state index contributed by atoms with van der Waals surface area (Å²) in [5.41, 5.74) is 0.816. The molecule has 0 N–H and O–H groups in total. The normalized spacial score (nSPS) is 19.4. The number of fused-ring (bicyclic) bond motifs is 1. The van der Waals surface area contributed by atoms with Crippen molar-refractivity contribution in [3.05, 3.63) is 23.8 Å². The molecule has 0 bridgehead atoms. The molecule has 6 nitrogen and oxygen atoms in total. The van der Waals surface area contributed by atoms with Crippen LogP contribution in [0.4, 0.5) is 0 Å². The molecule has 1 amide bonds. The summed E-state index contributed by atoms with van der Waals surface area (Å²) in [5, 5.41) is 0. The van der Waals surface area contributed by atoms with Crippen LogP contribution in [-0.2, 0) is 4.79 Å². The Morgan fingerprint density at radius 1 is 1.00 bits per heavy atom. The van der Waals surface area contributed by atoms with Gasteiger partial charge >= 0.3 is 0 Å². The zero-order chi connectivity index (χ0) is 19.7. The predicted molar refractivity (Wildman–Crippen MR) is 113 cm³/mol. The maximum absolute atomic E-state index is 12.6. The van der Waals surface area contributed by atoms with E-state index in [1.807, 2.05) is 4.90 Å². The van der Waals surface area contributed by atoms with Crippen LogP contribution in [0.25, 0.3) is 0 Å². The molecule has 1 saturated carbocycles. The molecular weight excluding hydrogens is 392 g/mol. The summed E-state index contributed by atoms with van der Waals surface area (Å²) in [6.45, 7) is 9.03. The summed E-state index contributed by atoms with van der Waals surface area (Å²) in [5.74, 6) is 2.13. The monoisotopic (exact) mass is 422 g/mol. The van der Waals surface area contributed by atoms with Crippen LogP contribution in [0, 0.1) is 5.92 Å². The average molecular weight is 423 g/mol. The number of ketones is 1. The molecule has 1 aliphatic carbocycles. The first kappa shape index (κ1) is 21.9. The maximum atomic E-state index is 12.6. The highest BCUT2D eigenvalue weighted by Crippen LogP contribution is 2.43. The van der Waals surface area contributed by atoms with Crippen molar-refractivity contribution in [1.29, 1.82) is 0 Å². The first-order valence-corrected chi connectivity index (χ1v) is 10.4. The fourth-order valence-corrected chi connectivity index (χ4v) is 4.32. The van der Waals surface area contributed by atoms with E-state index < -0.39 is 0 Å². The van der Waals surface area contributed by atoms with Gasteiger partial charge in [-0.2, -0.15) is 0 Å². The lowest BCUT2D eigenvalue weighted by atomic mass is 9.95. The van der Waals surface area contributed by atoms with E-state index in [0.717, 1.165) is 32.1 Å². The van der Waals surface area contributed by atoms with Crippen LogP contribution in [0.15, 0.2) is 18.2 Å². The minimum absolute atomic E-state index is 0. The Labute approximate surface area is 178 Å². The van der Waals surface area contributed by atoms with Crippen molar-refractivity contribution < 1.29 is 19.1 Å². The first-order valence-electron chi connectivity index (χ1n) is 10.4. The molecule has 4 rings (SSSR count). The summed E-state index contributed by atoms with van der Waals surface area (Å²) in [7, 11) is 0. The summed E-state index contributed by atoms with van der Waals surface area (Å²) in [6, 6.07) is 5.24. The van der Waals surface area contributed by atoms with E-state index in [9.17, 15) is 9.59 Å². The third-order valence-electron chi connectivity index (χ3n) is 6.45. The summed E-state index contributed by atoms with van der Waals surface area (Å²) < 4.78 is 11.0. The van der Waals surface area contributed by atoms with E-state index in [-0.39, 0.29) is 42.5 Å². The number of hydrogen-bond acceptors (Lipinski definition) is 5. The summed E-state index contributed by atoms with van der Waals surface area (Å²) in [6.07, 6.45) is 3.15. The van der Waals surface area contributed by atoms with Gasteiger partial charge in [-0.25, -0.2) is 0 Å². The van der Waals surface area contributed by atoms with Gasteiger partial charge in [-0.1, -0.05) is 0 Å². The number of rotatable bonds is 6. The molecule has 0 radical (unpaired) electrons. The summed E-state index contributed by atoms with van der Waals surface area (Å²) in [4.78, 5) is 29.5. The van der Waals surface area contributed by atoms with Gasteiger partial charge in [0.25, 0.3) is 0 Å². The minimum atomic E-state index is -0.0289. The van der Waals surface area contributed by atoms with Crippen LogP contribution in [0.2, 0.25) is 0 Å². The Morgan fingerprint density at radius 3 is 2.31 bits per heavy atom. The first-order chi connectivity index (χ1) is 13.4.